The van der Waals surface area contributed by atoms with Crippen LogP contribution in [0.1, 0.15) is 31.7 Å². The molecule has 1 atom stereocenters. The summed E-state index contributed by atoms with van der Waals surface area (Å²) in [5.74, 6) is -0.106. The molecule has 6 nitrogen and oxygen atoms in total. The Morgan fingerprint density at radius 1 is 1.23 bits per heavy atom. The number of anilines is 2. The zero-order valence-corrected chi connectivity index (χ0v) is 18.0. The van der Waals surface area contributed by atoms with E-state index in [-0.39, 0.29) is 35.6 Å². The maximum atomic E-state index is 13.2. The summed E-state index contributed by atoms with van der Waals surface area (Å²) in [5, 5.41) is 3.66. The molecular formula is C23H24ClFN4O2. The highest BCUT2D eigenvalue weighted by atomic mass is 35.5. The van der Waals surface area contributed by atoms with Crippen molar-refractivity contribution < 1.29 is 13.9 Å². The first-order valence-electron chi connectivity index (χ1n) is 10.4. The lowest BCUT2D eigenvalue weighted by atomic mass is 9.63. The van der Waals surface area contributed by atoms with Gasteiger partial charge in [-0.05, 0) is 50.1 Å². The fraction of sp³-hybridized carbons (Fsp3) is 0.391. The number of carbonyl (C=O) groups is 1. The highest BCUT2D eigenvalue weighted by Crippen LogP contribution is 2.50. The van der Waals surface area contributed by atoms with Crippen molar-refractivity contribution in [3.63, 3.8) is 0 Å². The number of benzene rings is 2. The predicted molar refractivity (Wildman–Crippen MR) is 118 cm³/mol. The lowest BCUT2D eigenvalue weighted by Crippen LogP contribution is -2.64. The van der Waals surface area contributed by atoms with Crippen LogP contribution in [0.5, 0.6) is 0 Å². The third-order valence-corrected chi connectivity index (χ3v) is 7.00. The number of guanidine groups is 1. The van der Waals surface area contributed by atoms with Crippen molar-refractivity contribution in [1.29, 1.82) is 0 Å². The average Bonchev–Trinajstić information content (AvgIpc) is 2.64. The molecule has 1 aliphatic carbocycles. The van der Waals surface area contributed by atoms with E-state index in [1.54, 1.807) is 17.0 Å². The number of carbonyl (C=O) groups excluding carboxylic acids is 1. The van der Waals surface area contributed by atoms with Gasteiger partial charge >= 0.3 is 0 Å². The number of rotatable bonds is 4. The van der Waals surface area contributed by atoms with Gasteiger partial charge in [0.2, 0.25) is 5.91 Å². The molecule has 31 heavy (non-hydrogen) atoms. The second kappa shape index (κ2) is 7.21. The van der Waals surface area contributed by atoms with E-state index < -0.39 is 5.54 Å². The van der Waals surface area contributed by atoms with Gasteiger partial charge in [-0.3, -0.25) is 9.69 Å². The Kier molecular flexibility index (Phi) is 4.71. The maximum Gasteiger partial charge on any atom is 0.232 e. The number of nitrogens with one attached hydrogen (secondary N) is 1. The van der Waals surface area contributed by atoms with E-state index >= 15 is 0 Å². The molecular weight excluding hydrogens is 419 g/mol. The Labute approximate surface area is 185 Å². The SMILES string of the molecule is C[C@@]1(c2cccc(Nc3ccc(F)cc3)c2Cl)CC(=O)N(C2CC3(COC3)C2)C(N)=N1. The first kappa shape index (κ1) is 20.3. The lowest BCUT2D eigenvalue weighted by Gasteiger charge is -2.56. The van der Waals surface area contributed by atoms with Crippen LogP contribution >= 0.6 is 11.6 Å². The smallest absolute Gasteiger partial charge is 0.232 e. The fourth-order valence-corrected chi connectivity index (χ4v) is 5.26. The van der Waals surface area contributed by atoms with Crippen LogP contribution in [0.3, 0.4) is 0 Å². The molecule has 5 rings (SSSR count). The van der Waals surface area contributed by atoms with Crippen LogP contribution in [0.2, 0.25) is 5.02 Å². The molecule has 3 aliphatic rings. The number of halogens is 2. The van der Waals surface area contributed by atoms with E-state index in [4.69, 9.17) is 27.1 Å². The first-order valence-corrected chi connectivity index (χ1v) is 10.7. The van der Waals surface area contributed by atoms with Gasteiger partial charge in [0.25, 0.3) is 0 Å². The van der Waals surface area contributed by atoms with Gasteiger partial charge in [-0.2, -0.15) is 0 Å². The summed E-state index contributed by atoms with van der Waals surface area (Å²) in [6.07, 6.45) is 2.00. The second-order valence-electron chi connectivity index (χ2n) is 9.04. The number of amides is 1. The minimum absolute atomic E-state index is 0.0388. The van der Waals surface area contributed by atoms with E-state index in [0.717, 1.165) is 31.6 Å². The summed E-state index contributed by atoms with van der Waals surface area (Å²) in [7, 11) is 0. The van der Waals surface area contributed by atoms with E-state index in [0.29, 0.717) is 16.4 Å². The van der Waals surface area contributed by atoms with Crippen molar-refractivity contribution in [3.8, 4) is 0 Å². The van der Waals surface area contributed by atoms with Crippen molar-refractivity contribution in [2.75, 3.05) is 18.5 Å². The Balaban J connectivity index is 1.40. The Morgan fingerprint density at radius 2 is 1.94 bits per heavy atom. The average molecular weight is 443 g/mol. The Morgan fingerprint density at radius 3 is 2.55 bits per heavy atom. The van der Waals surface area contributed by atoms with Crippen LogP contribution in [0.4, 0.5) is 15.8 Å². The second-order valence-corrected chi connectivity index (χ2v) is 9.42. The number of hydrogen-bond acceptors (Lipinski definition) is 5. The molecule has 2 aromatic carbocycles. The van der Waals surface area contributed by atoms with Crippen molar-refractivity contribution in [2.24, 2.45) is 16.1 Å². The molecule has 2 heterocycles. The van der Waals surface area contributed by atoms with E-state index in [2.05, 4.69) is 5.32 Å². The number of ether oxygens (including phenoxy) is 1. The number of aliphatic imine (C=N–C) groups is 1. The van der Waals surface area contributed by atoms with Crippen LogP contribution in [0, 0.1) is 11.2 Å². The zero-order chi connectivity index (χ0) is 21.8. The topological polar surface area (TPSA) is 80.0 Å². The van der Waals surface area contributed by atoms with Gasteiger partial charge in [0.1, 0.15) is 5.82 Å². The molecule has 0 unspecified atom stereocenters. The van der Waals surface area contributed by atoms with Gasteiger partial charge in [0.15, 0.2) is 5.96 Å². The third kappa shape index (κ3) is 3.46. The molecule has 0 radical (unpaired) electrons. The molecule has 1 amide bonds. The number of nitrogens with zero attached hydrogens (tertiary/aromatic N) is 2. The normalized spacial score (nSPS) is 25.1. The van der Waals surface area contributed by atoms with Crippen LogP contribution in [-0.2, 0) is 15.1 Å². The highest BCUT2D eigenvalue weighted by Gasteiger charge is 2.54. The van der Waals surface area contributed by atoms with Crippen LogP contribution in [0.25, 0.3) is 0 Å². The maximum absolute atomic E-state index is 13.2. The van der Waals surface area contributed by atoms with Crippen molar-refractivity contribution >= 4 is 34.8 Å². The van der Waals surface area contributed by atoms with Gasteiger partial charge in [0.05, 0.1) is 35.9 Å². The highest BCUT2D eigenvalue weighted by molar-refractivity contribution is 6.34. The number of hydrogen-bond donors (Lipinski definition) is 2. The Hall–Kier alpha value is -2.64. The van der Waals surface area contributed by atoms with Gasteiger partial charge in [0, 0.05) is 22.7 Å². The van der Waals surface area contributed by atoms with Gasteiger partial charge in [-0.15, -0.1) is 0 Å². The van der Waals surface area contributed by atoms with Crippen molar-refractivity contribution in [2.45, 2.75) is 37.8 Å². The number of nitrogens with two attached hydrogens (primary N) is 1. The molecule has 0 bridgehead atoms. The van der Waals surface area contributed by atoms with Crippen molar-refractivity contribution in [3.05, 3.63) is 58.9 Å². The summed E-state index contributed by atoms with van der Waals surface area (Å²) >= 11 is 6.72. The molecule has 2 fully saturated rings. The zero-order valence-electron chi connectivity index (χ0n) is 17.2. The fourth-order valence-electron chi connectivity index (χ4n) is 4.88. The molecule has 1 saturated heterocycles. The summed E-state index contributed by atoms with van der Waals surface area (Å²) in [6.45, 7) is 3.41. The van der Waals surface area contributed by atoms with Gasteiger partial charge in [-0.25, -0.2) is 9.38 Å². The molecule has 0 aromatic heterocycles. The molecule has 1 spiro atoms. The first-order chi connectivity index (χ1) is 14.8. The van der Waals surface area contributed by atoms with E-state index in [1.807, 2.05) is 25.1 Å². The van der Waals surface area contributed by atoms with Crippen LogP contribution in [-0.4, -0.2) is 36.0 Å². The van der Waals surface area contributed by atoms with Crippen molar-refractivity contribution in [1.82, 2.24) is 4.90 Å². The minimum Gasteiger partial charge on any atom is -0.380 e. The van der Waals surface area contributed by atoms with Gasteiger partial charge < -0.3 is 15.8 Å². The lowest BCUT2D eigenvalue weighted by molar-refractivity contribution is -0.182. The molecule has 2 aliphatic heterocycles. The van der Waals surface area contributed by atoms with Crippen LogP contribution < -0.4 is 11.1 Å². The monoisotopic (exact) mass is 442 g/mol. The quantitative estimate of drug-likeness (QED) is 0.745. The summed E-state index contributed by atoms with van der Waals surface area (Å²) in [6, 6.07) is 11.7. The predicted octanol–water partition coefficient (Wildman–Crippen LogP) is 4.16. The standard InChI is InChI=1S/C23H24ClFN4O2/c1-22(11-19(30)29(21(26)28-22)16-9-23(10-16)12-31-13-23)17-3-2-4-18(20(17)24)27-15-7-5-14(25)6-8-15/h2-8,16,27H,9-13H2,1H3,(H2,26,28)/t22-/m0/s1. The molecule has 1 saturated carbocycles. The third-order valence-electron chi connectivity index (χ3n) is 6.59. The van der Waals surface area contributed by atoms with E-state index in [1.165, 1.54) is 12.1 Å². The molecule has 3 N–H and O–H groups in total. The molecule has 162 valence electrons. The largest absolute Gasteiger partial charge is 0.380 e. The summed E-state index contributed by atoms with van der Waals surface area (Å²) in [5.41, 5.74) is 7.74. The minimum atomic E-state index is -0.865. The molecule has 2 aromatic rings. The van der Waals surface area contributed by atoms with E-state index in [9.17, 15) is 9.18 Å². The Bertz CT molecular complexity index is 1060. The summed E-state index contributed by atoms with van der Waals surface area (Å²) in [4.78, 5) is 19.5. The summed E-state index contributed by atoms with van der Waals surface area (Å²) < 4.78 is 18.5. The molecule has 8 heteroatoms. The van der Waals surface area contributed by atoms with Gasteiger partial charge in [-0.1, -0.05) is 23.7 Å². The van der Waals surface area contributed by atoms with Crippen LogP contribution in [0.15, 0.2) is 47.5 Å².